The van der Waals surface area contributed by atoms with Crippen molar-refractivity contribution in [2.24, 2.45) is 0 Å². The summed E-state index contributed by atoms with van der Waals surface area (Å²) in [5, 5.41) is 10.3. The number of rotatable bonds is 2. The molecule has 5 heteroatoms. The first-order valence-corrected chi connectivity index (χ1v) is 5.38. The predicted molar refractivity (Wildman–Crippen MR) is 56.9 cm³/mol. The van der Waals surface area contributed by atoms with E-state index in [2.05, 4.69) is 0 Å². The highest BCUT2D eigenvalue weighted by Crippen LogP contribution is 2.28. The molecule has 3 nitrogen and oxygen atoms in total. The van der Waals surface area contributed by atoms with Gasteiger partial charge in [0.25, 0.3) is 0 Å². The number of ether oxygens (including phenoxy) is 2. The summed E-state index contributed by atoms with van der Waals surface area (Å²) in [5.41, 5.74) is 0.331. The molecule has 1 aromatic rings. The number of benzene rings is 1. The van der Waals surface area contributed by atoms with Crippen LogP contribution in [0.1, 0.15) is 11.7 Å². The van der Waals surface area contributed by atoms with Gasteiger partial charge in [0.15, 0.2) is 0 Å². The summed E-state index contributed by atoms with van der Waals surface area (Å²) < 4.78 is 23.5. The third-order valence-electron chi connectivity index (χ3n) is 2.47. The first kappa shape index (κ1) is 11.8. The van der Waals surface area contributed by atoms with E-state index in [1.54, 1.807) is 0 Å². The van der Waals surface area contributed by atoms with Gasteiger partial charge < -0.3 is 14.6 Å². The maximum atomic E-state index is 13.0. The van der Waals surface area contributed by atoms with Gasteiger partial charge in [0.05, 0.1) is 19.8 Å². The molecular formula is C11H12ClFO3. The van der Waals surface area contributed by atoms with Crippen LogP contribution in [-0.4, -0.2) is 31.0 Å². The minimum atomic E-state index is -0.969. The zero-order valence-electron chi connectivity index (χ0n) is 8.53. The number of aliphatic hydroxyl groups is 1. The summed E-state index contributed by atoms with van der Waals surface area (Å²) in [5.74, 6) is -0.435. The monoisotopic (exact) mass is 246 g/mol. The Morgan fingerprint density at radius 1 is 1.44 bits per heavy atom. The number of halogens is 2. The second-order valence-corrected chi connectivity index (χ2v) is 4.00. The van der Waals surface area contributed by atoms with E-state index in [0.29, 0.717) is 23.8 Å². The van der Waals surface area contributed by atoms with E-state index in [0.717, 1.165) is 0 Å². The smallest absolute Gasteiger partial charge is 0.123 e. The van der Waals surface area contributed by atoms with Gasteiger partial charge in [0, 0.05) is 10.6 Å². The van der Waals surface area contributed by atoms with Crippen molar-refractivity contribution in [3.63, 3.8) is 0 Å². The Balaban J connectivity index is 2.18. The summed E-state index contributed by atoms with van der Waals surface area (Å²) in [6.07, 6.45) is -1.46. The second kappa shape index (κ2) is 5.10. The number of hydrogen-bond acceptors (Lipinski definition) is 3. The molecule has 16 heavy (non-hydrogen) atoms. The Bertz CT molecular complexity index is 366. The maximum Gasteiger partial charge on any atom is 0.123 e. The van der Waals surface area contributed by atoms with Crippen LogP contribution in [0.3, 0.4) is 0 Å². The molecular weight excluding hydrogens is 235 g/mol. The average Bonchev–Trinajstić information content (AvgIpc) is 2.32. The number of hydrogen-bond donors (Lipinski definition) is 1. The lowest BCUT2D eigenvalue weighted by Gasteiger charge is -2.27. The fraction of sp³-hybridized carbons (Fsp3) is 0.455. The van der Waals surface area contributed by atoms with Crippen molar-refractivity contribution in [1.82, 2.24) is 0 Å². The molecule has 1 N–H and O–H groups in total. The maximum absolute atomic E-state index is 13.0. The fourth-order valence-electron chi connectivity index (χ4n) is 1.63. The van der Waals surface area contributed by atoms with E-state index in [1.807, 2.05) is 0 Å². The lowest BCUT2D eigenvalue weighted by atomic mass is 10.0. The van der Waals surface area contributed by atoms with Crippen molar-refractivity contribution < 1.29 is 19.0 Å². The fourth-order valence-corrected chi connectivity index (χ4v) is 1.86. The molecule has 1 aromatic carbocycles. The molecule has 0 spiro atoms. The molecule has 1 aliphatic heterocycles. The quantitative estimate of drug-likeness (QED) is 0.867. The van der Waals surface area contributed by atoms with Crippen molar-refractivity contribution in [2.45, 2.75) is 12.2 Å². The van der Waals surface area contributed by atoms with E-state index in [-0.39, 0.29) is 6.61 Å². The van der Waals surface area contributed by atoms with Crippen LogP contribution < -0.4 is 0 Å². The summed E-state index contributed by atoms with van der Waals surface area (Å²) in [6, 6.07) is 3.88. The number of aliphatic hydroxyl groups excluding tert-OH is 1. The van der Waals surface area contributed by atoms with E-state index in [9.17, 15) is 9.50 Å². The molecule has 88 valence electrons. The van der Waals surface area contributed by atoms with E-state index >= 15 is 0 Å². The van der Waals surface area contributed by atoms with Crippen LogP contribution in [0, 0.1) is 5.82 Å². The summed E-state index contributed by atoms with van der Waals surface area (Å²) >= 11 is 5.89. The van der Waals surface area contributed by atoms with Gasteiger partial charge in [-0.2, -0.15) is 0 Å². The van der Waals surface area contributed by atoms with E-state index in [4.69, 9.17) is 21.1 Å². The molecule has 2 rings (SSSR count). The van der Waals surface area contributed by atoms with Crippen molar-refractivity contribution >= 4 is 11.6 Å². The molecule has 0 aromatic heterocycles. The molecule has 0 aliphatic carbocycles. The lowest BCUT2D eigenvalue weighted by molar-refractivity contribution is -0.133. The van der Waals surface area contributed by atoms with Crippen LogP contribution in [0.25, 0.3) is 0 Å². The van der Waals surface area contributed by atoms with Gasteiger partial charge in [0.2, 0.25) is 0 Å². The molecule has 1 aliphatic rings. The van der Waals surface area contributed by atoms with Crippen LogP contribution in [0.5, 0.6) is 0 Å². The molecule has 2 atom stereocenters. The first-order valence-electron chi connectivity index (χ1n) is 5.01. The van der Waals surface area contributed by atoms with Crippen LogP contribution in [0.4, 0.5) is 4.39 Å². The minimum absolute atomic E-state index is 0.286. The highest BCUT2D eigenvalue weighted by molar-refractivity contribution is 6.31. The van der Waals surface area contributed by atoms with Crippen LogP contribution in [-0.2, 0) is 9.47 Å². The minimum Gasteiger partial charge on any atom is -0.386 e. The van der Waals surface area contributed by atoms with Gasteiger partial charge >= 0.3 is 0 Å². The summed E-state index contributed by atoms with van der Waals surface area (Å²) in [4.78, 5) is 0. The Kier molecular flexibility index (Phi) is 3.76. The Labute approximate surface area is 97.7 Å². The Morgan fingerprint density at radius 2 is 2.25 bits per heavy atom. The van der Waals surface area contributed by atoms with Gasteiger partial charge in [-0.1, -0.05) is 11.6 Å². The largest absolute Gasteiger partial charge is 0.386 e. The summed E-state index contributed by atoms with van der Waals surface area (Å²) in [6.45, 7) is 1.22. The standard InChI is InChI=1S/C11H12ClFO3/c12-9-2-1-7(13)5-8(9)11(14)10-6-15-3-4-16-10/h1-2,5,10-11,14H,3-4,6H2. The molecule has 2 unspecified atom stereocenters. The highest BCUT2D eigenvalue weighted by Gasteiger charge is 2.26. The highest BCUT2D eigenvalue weighted by atomic mass is 35.5. The van der Waals surface area contributed by atoms with E-state index < -0.39 is 18.0 Å². The second-order valence-electron chi connectivity index (χ2n) is 3.59. The van der Waals surface area contributed by atoms with Gasteiger partial charge in [-0.3, -0.25) is 0 Å². The Morgan fingerprint density at radius 3 is 2.94 bits per heavy atom. The molecule has 1 saturated heterocycles. The zero-order chi connectivity index (χ0) is 11.5. The van der Waals surface area contributed by atoms with Crippen LogP contribution in [0.15, 0.2) is 18.2 Å². The van der Waals surface area contributed by atoms with Crippen LogP contribution >= 0.6 is 11.6 Å². The molecule has 1 heterocycles. The zero-order valence-corrected chi connectivity index (χ0v) is 9.28. The van der Waals surface area contributed by atoms with Crippen molar-refractivity contribution in [3.8, 4) is 0 Å². The molecule has 1 fully saturated rings. The van der Waals surface area contributed by atoms with Crippen molar-refractivity contribution in [1.29, 1.82) is 0 Å². The Hall–Kier alpha value is -0.680. The van der Waals surface area contributed by atoms with Gasteiger partial charge in [0.1, 0.15) is 18.0 Å². The normalized spacial score (nSPS) is 23.1. The van der Waals surface area contributed by atoms with Gasteiger partial charge in [-0.05, 0) is 18.2 Å². The van der Waals surface area contributed by atoms with Crippen molar-refractivity contribution in [3.05, 3.63) is 34.6 Å². The van der Waals surface area contributed by atoms with Crippen molar-refractivity contribution in [2.75, 3.05) is 19.8 Å². The molecule has 0 radical (unpaired) electrons. The third kappa shape index (κ3) is 2.52. The molecule has 0 saturated carbocycles. The van der Waals surface area contributed by atoms with E-state index in [1.165, 1.54) is 18.2 Å². The first-order chi connectivity index (χ1) is 7.68. The molecule has 0 amide bonds. The molecule has 0 bridgehead atoms. The third-order valence-corrected chi connectivity index (χ3v) is 2.81. The average molecular weight is 247 g/mol. The predicted octanol–water partition coefficient (Wildman–Crippen LogP) is 1.93. The van der Waals surface area contributed by atoms with Gasteiger partial charge in [-0.25, -0.2) is 4.39 Å². The SMILES string of the molecule is OC(c1cc(F)ccc1Cl)C1COCCO1. The lowest BCUT2D eigenvalue weighted by Crippen LogP contribution is -2.34. The van der Waals surface area contributed by atoms with Crippen LogP contribution in [0.2, 0.25) is 5.02 Å². The topological polar surface area (TPSA) is 38.7 Å². The van der Waals surface area contributed by atoms with Gasteiger partial charge in [-0.15, -0.1) is 0 Å². The summed E-state index contributed by atoms with van der Waals surface area (Å²) in [7, 11) is 0.